The molecule has 0 aliphatic rings. The standard InChI is InChI=1S/C59H115NO8/c1-6-8-10-12-14-15-16-17-18-19-20-21-22-23-24-25-26-27-28-29-30-31-32-33-34-35-36-37-38-39-40-41-42-43-44-46-48-50-57(62)68-55(53-66-56(61)49-47-45-13-11-9-7-2)54-67-59(58(63)64)65-52-51-60(3,4)5/h55,59H,6-54H2,1-5H3. The molecule has 9 nitrogen and oxygen atoms in total. The Labute approximate surface area is 422 Å². The fourth-order valence-corrected chi connectivity index (χ4v) is 9.01. The second-order valence-corrected chi connectivity index (χ2v) is 21.7. The highest BCUT2D eigenvalue weighted by atomic mass is 16.7. The average Bonchev–Trinajstić information content (AvgIpc) is 3.30. The monoisotopic (exact) mass is 966 g/mol. The van der Waals surface area contributed by atoms with Crippen LogP contribution in [0, 0.1) is 0 Å². The molecule has 0 heterocycles. The Morgan fingerprint density at radius 1 is 0.382 bits per heavy atom. The molecule has 0 radical (unpaired) electrons. The van der Waals surface area contributed by atoms with Gasteiger partial charge in [0, 0.05) is 12.8 Å². The summed E-state index contributed by atoms with van der Waals surface area (Å²) in [7, 11) is 5.92. The minimum Gasteiger partial charge on any atom is -0.545 e. The molecule has 0 amide bonds. The molecular weight excluding hydrogens is 851 g/mol. The Kier molecular flexibility index (Phi) is 50.3. The summed E-state index contributed by atoms with van der Waals surface area (Å²) in [6.07, 6.45) is 55.3. The van der Waals surface area contributed by atoms with E-state index in [2.05, 4.69) is 13.8 Å². The van der Waals surface area contributed by atoms with Crippen LogP contribution in [0.1, 0.15) is 303 Å². The van der Waals surface area contributed by atoms with Crippen LogP contribution in [0.5, 0.6) is 0 Å². The van der Waals surface area contributed by atoms with Crippen LogP contribution < -0.4 is 5.11 Å². The van der Waals surface area contributed by atoms with E-state index in [9.17, 15) is 19.5 Å². The van der Waals surface area contributed by atoms with Crippen molar-refractivity contribution in [2.45, 2.75) is 315 Å². The third-order valence-electron chi connectivity index (χ3n) is 13.6. The molecule has 0 fully saturated rings. The topological polar surface area (TPSA) is 111 Å². The molecule has 404 valence electrons. The molecular formula is C59H115NO8. The molecule has 0 bridgehead atoms. The average molecular weight is 967 g/mol. The highest BCUT2D eigenvalue weighted by molar-refractivity contribution is 5.70. The van der Waals surface area contributed by atoms with Gasteiger partial charge in [0.2, 0.25) is 0 Å². The summed E-state index contributed by atoms with van der Waals surface area (Å²) in [5.74, 6) is -2.27. The van der Waals surface area contributed by atoms with E-state index in [0.29, 0.717) is 17.4 Å². The van der Waals surface area contributed by atoms with Gasteiger partial charge in [-0.15, -0.1) is 0 Å². The fraction of sp³-hybridized carbons (Fsp3) is 0.949. The molecule has 0 aliphatic carbocycles. The third-order valence-corrected chi connectivity index (χ3v) is 13.6. The number of aliphatic carboxylic acids is 1. The summed E-state index contributed by atoms with van der Waals surface area (Å²) < 4.78 is 22.5. The van der Waals surface area contributed by atoms with Gasteiger partial charge in [0.1, 0.15) is 13.2 Å². The molecule has 0 aliphatic heterocycles. The Hall–Kier alpha value is -1.71. The largest absolute Gasteiger partial charge is 0.545 e. The zero-order valence-electron chi connectivity index (χ0n) is 46.0. The summed E-state index contributed by atoms with van der Waals surface area (Å²) in [6.45, 7) is 4.72. The zero-order valence-corrected chi connectivity index (χ0v) is 46.0. The lowest BCUT2D eigenvalue weighted by Gasteiger charge is -2.26. The number of likely N-dealkylation sites (N-methyl/N-ethyl adjacent to an activating group) is 1. The molecule has 2 unspecified atom stereocenters. The number of carboxylic acid groups (broad SMARTS) is 1. The van der Waals surface area contributed by atoms with Crippen molar-refractivity contribution in [2.24, 2.45) is 0 Å². The van der Waals surface area contributed by atoms with Gasteiger partial charge in [-0.3, -0.25) is 9.59 Å². The fourth-order valence-electron chi connectivity index (χ4n) is 9.01. The third kappa shape index (κ3) is 52.1. The molecule has 0 spiro atoms. The first-order chi connectivity index (χ1) is 33.1. The van der Waals surface area contributed by atoms with E-state index in [4.69, 9.17) is 18.9 Å². The summed E-state index contributed by atoms with van der Waals surface area (Å²) in [5, 5.41) is 11.7. The molecule has 0 aromatic carbocycles. The van der Waals surface area contributed by atoms with Crippen molar-refractivity contribution < 1.29 is 42.9 Å². The van der Waals surface area contributed by atoms with Crippen LogP contribution >= 0.6 is 0 Å². The maximum atomic E-state index is 12.8. The van der Waals surface area contributed by atoms with E-state index in [0.717, 1.165) is 44.9 Å². The van der Waals surface area contributed by atoms with Crippen molar-refractivity contribution >= 4 is 17.9 Å². The Morgan fingerprint density at radius 3 is 0.941 bits per heavy atom. The van der Waals surface area contributed by atoms with Gasteiger partial charge in [-0.25, -0.2) is 0 Å². The Balaban J connectivity index is 3.77. The van der Waals surface area contributed by atoms with Gasteiger partial charge in [-0.2, -0.15) is 0 Å². The van der Waals surface area contributed by atoms with Crippen molar-refractivity contribution in [1.82, 2.24) is 0 Å². The summed E-state index contributed by atoms with van der Waals surface area (Å²) in [4.78, 5) is 36.8. The molecule has 2 atom stereocenters. The van der Waals surface area contributed by atoms with Crippen molar-refractivity contribution in [3.8, 4) is 0 Å². The molecule has 9 heteroatoms. The highest BCUT2D eigenvalue weighted by Crippen LogP contribution is 2.18. The van der Waals surface area contributed by atoms with Gasteiger partial charge < -0.3 is 33.3 Å². The number of quaternary nitrogens is 1. The number of esters is 2. The van der Waals surface area contributed by atoms with Gasteiger partial charge in [0.05, 0.1) is 40.3 Å². The lowest BCUT2D eigenvalue weighted by atomic mass is 10.0. The van der Waals surface area contributed by atoms with Crippen molar-refractivity contribution in [3.05, 3.63) is 0 Å². The van der Waals surface area contributed by atoms with Crippen LogP contribution in [-0.4, -0.2) is 82.3 Å². The first kappa shape index (κ1) is 66.3. The van der Waals surface area contributed by atoms with E-state index in [-0.39, 0.29) is 32.2 Å². The van der Waals surface area contributed by atoms with Crippen LogP contribution in [0.4, 0.5) is 0 Å². The summed E-state index contributed by atoms with van der Waals surface area (Å²) in [6, 6.07) is 0. The Bertz CT molecular complexity index is 1080. The second-order valence-electron chi connectivity index (χ2n) is 21.7. The van der Waals surface area contributed by atoms with Crippen LogP contribution in [0.15, 0.2) is 0 Å². The predicted molar refractivity (Wildman–Crippen MR) is 284 cm³/mol. The van der Waals surface area contributed by atoms with Gasteiger partial charge in [-0.1, -0.05) is 277 Å². The number of nitrogens with zero attached hydrogens (tertiary/aromatic N) is 1. The molecule has 0 aromatic rings. The zero-order chi connectivity index (χ0) is 49.9. The smallest absolute Gasteiger partial charge is 0.306 e. The number of carboxylic acids is 1. The van der Waals surface area contributed by atoms with E-state index < -0.39 is 24.3 Å². The number of ether oxygens (including phenoxy) is 4. The predicted octanol–water partition coefficient (Wildman–Crippen LogP) is 15.9. The molecule has 0 aromatic heterocycles. The number of carbonyl (C=O) groups excluding carboxylic acids is 3. The summed E-state index contributed by atoms with van der Waals surface area (Å²) in [5.41, 5.74) is 0. The minimum absolute atomic E-state index is 0.152. The van der Waals surface area contributed by atoms with Gasteiger partial charge in [0.25, 0.3) is 0 Å². The number of unbranched alkanes of at least 4 members (excludes halogenated alkanes) is 41. The van der Waals surface area contributed by atoms with Crippen LogP contribution in [-0.2, 0) is 33.3 Å². The first-order valence-electron chi connectivity index (χ1n) is 29.7. The molecule has 0 rings (SSSR count). The van der Waals surface area contributed by atoms with Crippen molar-refractivity contribution in [2.75, 3.05) is 47.5 Å². The second kappa shape index (κ2) is 51.6. The SMILES string of the molecule is CCCCCCCCCCCCCCCCCCCCCCCCCCCCCCCCCCCCCCCC(=O)OC(COC(=O)CCCCCCCC)COC(OCC[N+](C)(C)C)C(=O)[O-]. The lowest BCUT2D eigenvalue weighted by Crippen LogP contribution is -2.44. The molecule has 68 heavy (non-hydrogen) atoms. The first-order valence-corrected chi connectivity index (χ1v) is 29.7. The number of carbonyl (C=O) groups is 3. The Morgan fingerprint density at radius 2 is 0.662 bits per heavy atom. The van der Waals surface area contributed by atoms with Gasteiger partial charge in [-0.05, 0) is 12.8 Å². The molecule has 0 saturated heterocycles. The van der Waals surface area contributed by atoms with Crippen LogP contribution in [0.2, 0.25) is 0 Å². The molecule has 0 saturated carbocycles. The highest BCUT2D eigenvalue weighted by Gasteiger charge is 2.22. The maximum Gasteiger partial charge on any atom is 0.306 e. The van der Waals surface area contributed by atoms with Crippen molar-refractivity contribution in [3.63, 3.8) is 0 Å². The number of hydrogen-bond acceptors (Lipinski definition) is 8. The van der Waals surface area contributed by atoms with E-state index in [1.54, 1.807) is 0 Å². The van der Waals surface area contributed by atoms with E-state index in [1.807, 2.05) is 21.1 Å². The number of rotatable bonds is 56. The summed E-state index contributed by atoms with van der Waals surface area (Å²) >= 11 is 0. The minimum atomic E-state index is -1.61. The maximum absolute atomic E-state index is 12.8. The molecule has 0 N–H and O–H groups in total. The lowest BCUT2D eigenvalue weighted by molar-refractivity contribution is -0.870. The van der Waals surface area contributed by atoms with E-state index in [1.165, 1.54) is 231 Å². The van der Waals surface area contributed by atoms with Gasteiger partial charge >= 0.3 is 11.9 Å². The van der Waals surface area contributed by atoms with Crippen LogP contribution in [0.25, 0.3) is 0 Å². The number of hydrogen-bond donors (Lipinski definition) is 0. The van der Waals surface area contributed by atoms with Crippen molar-refractivity contribution in [1.29, 1.82) is 0 Å². The van der Waals surface area contributed by atoms with Gasteiger partial charge in [0.15, 0.2) is 12.4 Å². The quantitative estimate of drug-likeness (QED) is 0.0256. The normalized spacial score (nSPS) is 12.7. The van der Waals surface area contributed by atoms with E-state index >= 15 is 0 Å². The van der Waals surface area contributed by atoms with Crippen LogP contribution in [0.3, 0.4) is 0 Å².